The van der Waals surface area contributed by atoms with Crippen LogP contribution in [0.5, 0.6) is 0 Å². The lowest BCUT2D eigenvalue weighted by Crippen LogP contribution is -2.54. The average Bonchev–Trinajstić information content (AvgIpc) is 3.61. The standard InChI is InChI=1S/C25H25F3N6O4S/c1-25(2,23(36)37)13-32-12-15-11-31(4-5-33(15)24(32)38)22(35)18-9-30-20(21-29-3-6-39-21)34(18)10-14-7-16(26)19(28)17(27)8-14/h3,6-9,15H,4-5,10-13H2,1-2H3,(H,36,37)/t15-/m0/s1. The van der Waals surface area contributed by atoms with Crippen LogP contribution >= 0.6 is 11.3 Å². The van der Waals surface area contributed by atoms with E-state index in [9.17, 15) is 32.7 Å². The number of hydrogen-bond donors (Lipinski definition) is 1. The van der Waals surface area contributed by atoms with Gasteiger partial charge in [-0.3, -0.25) is 9.59 Å². The number of carbonyl (C=O) groups excluding carboxylic acids is 2. The van der Waals surface area contributed by atoms with Gasteiger partial charge in [-0.15, -0.1) is 11.3 Å². The molecule has 4 heterocycles. The predicted octanol–water partition coefficient (Wildman–Crippen LogP) is 3.15. The highest BCUT2D eigenvalue weighted by Gasteiger charge is 2.44. The Morgan fingerprint density at radius 1 is 1.13 bits per heavy atom. The zero-order chi connectivity index (χ0) is 28.1. The first-order valence-corrected chi connectivity index (χ1v) is 13.0. The molecule has 1 aromatic carbocycles. The van der Waals surface area contributed by atoms with Crippen LogP contribution in [0.2, 0.25) is 0 Å². The summed E-state index contributed by atoms with van der Waals surface area (Å²) in [5.74, 6) is -5.36. The van der Waals surface area contributed by atoms with E-state index in [1.54, 1.807) is 35.2 Å². The predicted molar refractivity (Wildman–Crippen MR) is 134 cm³/mol. The molecule has 2 aliphatic rings. The molecule has 1 N–H and O–H groups in total. The van der Waals surface area contributed by atoms with Gasteiger partial charge in [0.15, 0.2) is 28.3 Å². The number of benzene rings is 1. The Labute approximate surface area is 225 Å². The molecule has 5 rings (SSSR count). The van der Waals surface area contributed by atoms with Gasteiger partial charge in [-0.2, -0.15) is 0 Å². The van der Waals surface area contributed by atoms with Crippen LogP contribution in [-0.4, -0.2) is 91.0 Å². The summed E-state index contributed by atoms with van der Waals surface area (Å²) < 4.78 is 42.9. The molecular weight excluding hydrogens is 537 g/mol. The van der Waals surface area contributed by atoms with Crippen LogP contribution in [0.1, 0.15) is 29.9 Å². The van der Waals surface area contributed by atoms with Gasteiger partial charge in [0.1, 0.15) is 5.69 Å². The summed E-state index contributed by atoms with van der Waals surface area (Å²) >= 11 is 1.27. The summed E-state index contributed by atoms with van der Waals surface area (Å²) in [6.45, 7) is 3.96. The van der Waals surface area contributed by atoms with E-state index < -0.39 is 34.7 Å². The number of piperazine rings is 1. The average molecular weight is 563 g/mol. The molecule has 0 spiro atoms. The number of thiazole rings is 1. The van der Waals surface area contributed by atoms with Gasteiger partial charge in [0.2, 0.25) is 0 Å². The molecule has 1 atom stereocenters. The molecule has 2 aromatic heterocycles. The quantitative estimate of drug-likeness (QED) is 0.443. The maximum absolute atomic E-state index is 13.9. The fourth-order valence-electron chi connectivity index (χ4n) is 4.89. The van der Waals surface area contributed by atoms with E-state index in [1.807, 2.05) is 0 Å². The lowest BCUT2D eigenvalue weighted by atomic mass is 9.93. The van der Waals surface area contributed by atoms with Crippen LogP contribution in [0.4, 0.5) is 18.0 Å². The van der Waals surface area contributed by atoms with Gasteiger partial charge < -0.3 is 24.4 Å². The molecule has 0 unspecified atom stereocenters. The normalized spacial score (nSPS) is 17.6. The minimum Gasteiger partial charge on any atom is -0.481 e. The molecule has 2 saturated heterocycles. The number of amides is 3. The van der Waals surface area contributed by atoms with Crippen molar-refractivity contribution < 1.29 is 32.7 Å². The summed E-state index contributed by atoms with van der Waals surface area (Å²) in [5, 5.41) is 11.7. The molecule has 3 aromatic rings. The molecule has 0 bridgehead atoms. The van der Waals surface area contributed by atoms with Crippen molar-refractivity contribution in [2.75, 3.05) is 32.7 Å². The number of halogens is 3. The number of fused-ring (bicyclic) bond motifs is 1. The maximum atomic E-state index is 13.9. The van der Waals surface area contributed by atoms with Crippen molar-refractivity contribution >= 4 is 29.2 Å². The number of urea groups is 1. The molecule has 206 valence electrons. The Bertz CT molecular complexity index is 1420. The first kappa shape index (κ1) is 26.7. The summed E-state index contributed by atoms with van der Waals surface area (Å²) in [6.07, 6.45) is 2.93. The Balaban J connectivity index is 1.40. The number of carbonyl (C=O) groups is 3. The molecule has 2 aliphatic heterocycles. The fourth-order valence-corrected chi connectivity index (χ4v) is 5.53. The van der Waals surface area contributed by atoms with Crippen LogP contribution in [0.3, 0.4) is 0 Å². The van der Waals surface area contributed by atoms with E-state index in [1.165, 1.54) is 27.0 Å². The highest BCUT2D eigenvalue weighted by atomic mass is 32.1. The van der Waals surface area contributed by atoms with Crippen molar-refractivity contribution in [2.45, 2.75) is 26.4 Å². The van der Waals surface area contributed by atoms with Crippen molar-refractivity contribution in [3.63, 3.8) is 0 Å². The Kier molecular flexibility index (Phi) is 6.83. The SMILES string of the molecule is CC(C)(CN1C[C@@H]2CN(C(=O)c3cnc(-c4nccs4)n3Cc3cc(F)c(F)c(F)c3)CCN2C1=O)C(=O)O. The molecule has 0 radical (unpaired) electrons. The van der Waals surface area contributed by atoms with Gasteiger partial charge in [0.25, 0.3) is 5.91 Å². The minimum atomic E-state index is -1.58. The second kappa shape index (κ2) is 9.98. The third-order valence-electron chi connectivity index (χ3n) is 6.97. The van der Waals surface area contributed by atoms with Crippen molar-refractivity contribution in [2.24, 2.45) is 5.41 Å². The van der Waals surface area contributed by atoms with E-state index in [0.29, 0.717) is 10.8 Å². The molecule has 14 heteroatoms. The van der Waals surface area contributed by atoms with E-state index >= 15 is 0 Å². The van der Waals surface area contributed by atoms with E-state index in [-0.39, 0.29) is 62.6 Å². The minimum absolute atomic E-state index is 0.0385. The van der Waals surface area contributed by atoms with Gasteiger partial charge in [0.05, 0.1) is 24.2 Å². The van der Waals surface area contributed by atoms with Crippen LogP contribution < -0.4 is 0 Å². The van der Waals surface area contributed by atoms with Crippen LogP contribution in [0.25, 0.3) is 10.8 Å². The summed E-state index contributed by atoms with van der Waals surface area (Å²) in [5.41, 5.74) is -0.885. The molecule has 10 nitrogen and oxygen atoms in total. The summed E-state index contributed by atoms with van der Waals surface area (Å²) in [6, 6.07) is 1.15. The Morgan fingerprint density at radius 2 is 1.85 bits per heavy atom. The zero-order valence-electron chi connectivity index (χ0n) is 21.1. The fraction of sp³-hybridized carbons (Fsp3) is 0.400. The number of carboxylic acids is 1. The maximum Gasteiger partial charge on any atom is 0.320 e. The summed E-state index contributed by atoms with van der Waals surface area (Å²) in [7, 11) is 0. The summed E-state index contributed by atoms with van der Waals surface area (Å²) in [4.78, 5) is 51.5. The third kappa shape index (κ3) is 4.95. The number of hydrogen-bond acceptors (Lipinski definition) is 6. The largest absolute Gasteiger partial charge is 0.481 e. The van der Waals surface area contributed by atoms with E-state index in [2.05, 4.69) is 9.97 Å². The van der Waals surface area contributed by atoms with Gasteiger partial charge in [-0.25, -0.2) is 27.9 Å². The number of imidazole rings is 1. The second-order valence-electron chi connectivity index (χ2n) is 10.2. The Hall–Kier alpha value is -3.94. The van der Waals surface area contributed by atoms with Crippen LogP contribution in [0, 0.1) is 22.9 Å². The lowest BCUT2D eigenvalue weighted by molar-refractivity contribution is -0.147. The molecular formula is C25H25F3N6O4S. The number of nitrogens with zero attached hydrogens (tertiary/aromatic N) is 6. The molecule has 3 amide bonds. The highest BCUT2D eigenvalue weighted by Crippen LogP contribution is 2.28. The highest BCUT2D eigenvalue weighted by molar-refractivity contribution is 7.13. The van der Waals surface area contributed by atoms with Gasteiger partial charge in [-0.05, 0) is 31.5 Å². The monoisotopic (exact) mass is 562 g/mol. The number of rotatable bonds is 7. The molecule has 2 fully saturated rings. The van der Waals surface area contributed by atoms with Crippen molar-refractivity contribution in [1.29, 1.82) is 0 Å². The first-order chi connectivity index (χ1) is 18.5. The topological polar surface area (TPSA) is 112 Å². The van der Waals surface area contributed by atoms with E-state index in [0.717, 1.165) is 12.1 Å². The van der Waals surface area contributed by atoms with Crippen molar-refractivity contribution in [1.82, 2.24) is 29.2 Å². The first-order valence-electron chi connectivity index (χ1n) is 12.1. The van der Waals surface area contributed by atoms with Gasteiger partial charge in [0, 0.05) is 44.3 Å². The van der Waals surface area contributed by atoms with Crippen molar-refractivity contribution in [3.05, 3.63) is 58.6 Å². The van der Waals surface area contributed by atoms with Crippen LogP contribution in [0.15, 0.2) is 29.9 Å². The van der Waals surface area contributed by atoms with Crippen LogP contribution in [-0.2, 0) is 11.3 Å². The number of aromatic nitrogens is 3. The lowest BCUT2D eigenvalue weighted by Gasteiger charge is -2.36. The number of carboxylic acid groups (broad SMARTS) is 1. The number of aliphatic carboxylic acids is 1. The second-order valence-corrected chi connectivity index (χ2v) is 11.1. The zero-order valence-corrected chi connectivity index (χ0v) is 21.9. The molecule has 39 heavy (non-hydrogen) atoms. The smallest absolute Gasteiger partial charge is 0.320 e. The molecule has 0 aliphatic carbocycles. The Morgan fingerprint density at radius 3 is 2.49 bits per heavy atom. The van der Waals surface area contributed by atoms with Gasteiger partial charge in [-0.1, -0.05) is 0 Å². The van der Waals surface area contributed by atoms with E-state index in [4.69, 9.17) is 0 Å². The van der Waals surface area contributed by atoms with Crippen molar-refractivity contribution in [3.8, 4) is 10.8 Å². The molecule has 0 saturated carbocycles. The third-order valence-corrected chi connectivity index (χ3v) is 7.73. The van der Waals surface area contributed by atoms with Gasteiger partial charge >= 0.3 is 12.0 Å².